The lowest BCUT2D eigenvalue weighted by Gasteiger charge is -2.16. The zero-order valence-corrected chi connectivity index (χ0v) is 16.5. The predicted molar refractivity (Wildman–Crippen MR) is 112 cm³/mol. The Morgan fingerprint density at radius 1 is 1.07 bits per heavy atom. The van der Waals surface area contributed by atoms with E-state index in [1.54, 1.807) is 19.4 Å². The van der Waals surface area contributed by atoms with Crippen molar-refractivity contribution in [3.63, 3.8) is 0 Å². The number of nitrogens with zero attached hydrogens (tertiary/aromatic N) is 2. The van der Waals surface area contributed by atoms with Crippen LogP contribution >= 0.6 is 0 Å². The number of carbonyl (C=O) groups is 1. The zero-order chi connectivity index (χ0) is 20.1. The lowest BCUT2D eigenvalue weighted by atomic mass is 9.98. The number of methoxy groups -OCH3 is 1. The molecule has 1 aromatic heterocycles. The largest absolute Gasteiger partial charge is 0.495 e. The third-order valence-corrected chi connectivity index (χ3v) is 4.41. The minimum Gasteiger partial charge on any atom is -0.495 e. The topological polar surface area (TPSA) is 76.1 Å². The summed E-state index contributed by atoms with van der Waals surface area (Å²) in [7, 11) is 1.60. The van der Waals surface area contributed by atoms with E-state index in [0.717, 1.165) is 22.5 Å². The van der Waals surface area contributed by atoms with Gasteiger partial charge in [-0.2, -0.15) is 0 Å². The van der Waals surface area contributed by atoms with Crippen LogP contribution in [0.3, 0.4) is 0 Å². The maximum atomic E-state index is 12.8. The highest BCUT2D eigenvalue weighted by Crippen LogP contribution is 2.28. The molecule has 0 atom stereocenters. The van der Waals surface area contributed by atoms with Crippen molar-refractivity contribution >= 4 is 23.2 Å². The molecule has 2 aromatic carbocycles. The molecule has 0 saturated carbocycles. The van der Waals surface area contributed by atoms with Crippen molar-refractivity contribution in [1.82, 2.24) is 9.97 Å². The first-order chi connectivity index (χ1) is 13.5. The minimum atomic E-state index is -0.276. The Labute approximate surface area is 165 Å². The average molecular weight is 376 g/mol. The molecule has 6 nitrogen and oxygen atoms in total. The molecule has 1 heterocycles. The molecule has 0 bridgehead atoms. The van der Waals surface area contributed by atoms with Crippen molar-refractivity contribution < 1.29 is 9.53 Å². The van der Waals surface area contributed by atoms with Gasteiger partial charge in [-0.25, -0.2) is 9.97 Å². The zero-order valence-electron chi connectivity index (χ0n) is 16.5. The molecule has 6 heteroatoms. The van der Waals surface area contributed by atoms with Crippen LogP contribution in [-0.4, -0.2) is 23.0 Å². The number of amides is 1. The Kier molecular flexibility index (Phi) is 5.89. The predicted octanol–water partition coefficient (Wildman–Crippen LogP) is 4.91. The summed E-state index contributed by atoms with van der Waals surface area (Å²) in [4.78, 5) is 21.4. The van der Waals surface area contributed by atoms with Gasteiger partial charge in [-0.15, -0.1) is 0 Å². The standard InChI is InChI=1S/C22H24N4O2/c1-14(2)16-9-7-8-15(3)20(16)26-21(27)18-12-13-23-22(25-18)24-17-10-5-6-11-19(17)28-4/h5-14H,1-4H3,(H,26,27)(H,23,24,25). The van der Waals surface area contributed by atoms with E-state index in [1.807, 2.05) is 49.4 Å². The van der Waals surface area contributed by atoms with Crippen LogP contribution in [0.15, 0.2) is 54.7 Å². The first kappa shape index (κ1) is 19.4. The van der Waals surface area contributed by atoms with Gasteiger partial charge in [-0.05, 0) is 42.2 Å². The molecule has 0 radical (unpaired) electrons. The molecule has 1 amide bonds. The summed E-state index contributed by atoms with van der Waals surface area (Å²) < 4.78 is 5.33. The smallest absolute Gasteiger partial charge is 0.274 e. The highest BCUT2D eigenvalue weighted by molar-refractivity contribution is 6.04. The molecule has 0 fully saturated rings. The van der Waals surface area contributed by atoms with E-state index in [0.29, 0.717) is 17.6 Å². The molecule has 3 aromatic rings. The number of aromatic nitrogens is 2. The molecule has 0 spiro atoms. The van der Waals surface area contributed by atoms with Gasteiger partial charge in [0.15, 0.2) is 0 Å². The van der Waals surface area contributed by atoms with E-state index in [-0.39, 0.29) is 11.6 Å². The van der Waals surface area contributed by atoms with E-state index in [1.165, 1.54) is 0 Å². The number of benzene rings is 2. The Hall–Kier alpha value is -3.41. The van der Waals surface area contributed by atoms with Crippen LogP contribution in [0, 0.1) is 6.92 Å². The maximum Gasteiger partial charge on any atom is 0.274 e. The monoisotopic (exact) mass is 376 g/mol. The lowest BCUT2D eigenvalue weighted by Crippen LogP contribution is -2.17. The average Bonchev–Trinajstić information content (AvgIpc) is 2.70. The van der Waals surface area contributed by atoms with Crippen LogP contribution in [0.2, 0.25) is 0 Å². The first-order valence-corrected chi connectivity index (χ1v) is 9.13. The molecule has 2 N–H and O–H groups in total. The van der Waals surface area contributed by atoms with Gasteiger partial charge in [-0.1, -0.05) is 44.2 Å². The summed E-state index contributed by atoms with van der Waals surface area (Å²) in [6.45, 7) is 6.19. The third-order valence-electron chi connectivity index (χ3n) is 4.41. The molecule has 0 unspecified atom stereocenters. The third kappa shape index (κ3) is 4.28. The van der Waals surface area contributed by atoms with Crippen LogP contribution in [0.1, 0.15) is 41.4 Å². The SMILES string of the molecule is COc1ccccc1Nc1nccc(C(=O)Nc2c(C)cccc2C(C)C)n1. The highest BCUT2D eigenvalue weighted by atomic mass is 16.5. The van der Waals surface area contributed by atoms with Crippen LogP contribution in [0.5, 0.6) is 5.75 Å². The molecule has 144 valence electrons. The fourth-order valence-electron chi connectivity index (χ4n) is 2.93. The molecule has 0 saturated heterocycles. The molecule has 0 aliphatic rings. The minimum absolute atomic E-state index is 0.276. The summed E-state index contributed by atoms with van der Waals surface area (Å²) in [6.07, 6.45) is 1.56. The van der Waals surface area contributed by atoms with Crippen LogP contribution in [0.25, 0.3) is 0 Å². The van der Waals surface area contributed by atoms with Crippen molar-refractivity contribution in [2.24, 2.45) is 0 Å². The number of nitrogens with one attached hydrogen (secondary N) is 2. The van der Waals surface area contributed by atoms with Gasteiger partial charge in [0.2, 0.25) is 5.95 Å². The quantitative estimate of drug-likeness (QED) is 0.639. The van der Waals surface area contributed by atoms with E-state index < -0.39 is 0 Å². The van der Waals surface area contributed by atoms with Gasteiger partial charge in [0.1, 0.15) is 11.4 Å². The van der Waals surface area contributed by atoms with Crippen molar-refractivity contribution in [3.05, 3.63) is 71.5 Å². The number of hydrogen-bond acceptors (Lipinski definition) is 5. The van der Waals surface area contributed by atoms with Gasteiger partial charge < -0.3 is 15.4 Å². The Balaban J connectivity index is 1.84. The number of anilines is 3. The Morgan fingerprint density at radius 3 is 2.61 bits per heavy atom. The molecule has 3 rings (SSSR count). The fourth-order valence-corrected chi connectivity index (χ4v) is 2.93. The Bertz CT molecular complexity index is 986. The van der Waals surface area contributed by atoms with Gasteiger partial charge >= 0.3 is 0 Å². The second-order valence-corrected chi connectivity index (χ2v) is 6.74. The number of hydrogen-bond donors (Lipinski definition) is 2. The summed E-state index contributed by atoms with van der Waals surface area (Å²) in [5, 5.41) is 6.10. The molecular formula is C22H24N4O2. The van der Waals surface area contributed by atoms with Crippen molar-refractivity contribution in [2.45, 2.75) is 26.7 Å². The molecule has 0 aliphatic heterocycles. The van der Waals surface area contributed by atoms with Crippen LogP contribution < -0.4 is 15.4 Å². The number of carbonyl (C=O) groups excluding carboxylic acids is 1. The molecular weight excluding hydrogens is 352 g/mol. The fraction of sp³-hybridized carbons (Fsp3) is 0.227. The second kappa shape index (κ2) is 8.52. The van der Waals surface area contributed by atoms with E-state index >= 15 is 0 Å². The van der Waals surface area contributed by atoms with Crippen molar-refractivity contribution in [1.29, 1.82) is 0 Å². The van der Waals surface area contributed by atoms with E-state index in [9.17, 15) is 4.79 Å². The normalized spacial score (nSPS) is 10.6. The molecule has 0 aliphatic carbocycles. The second-order valence-electron chi connectivity index (χ2n) is 6.74. The van der Waals surface area contributed by atoms with Crippen LogP contribution in [-0.2, 0) is 0 Å². The van der Waals surface area contributed by atoms with E-state index in [4.69, 9.17) is 4.74 Å². The molecule has 28 heavy (non-hydrogen) atoms. The summed E-state index contributed by atoms with van der Waals surface area (Å²) >= 11 is 0. The van der Waals surface area contributed by atoms with Gasteiger partial charge in [-0.3, -0.25) is 4.79 Å². The van der Waals surface area contributed by atoms with E-state index in [2.05, 4.69) is 34.4 Å². The number of rotatable bonds is 6. The van der Waals surface area contributed by atoms with Gasteiger partial charge in [0.05, 0.1) is 12.8 Å². The first-order valence-electron chi connectivity index (χ1n) is 9.13. The van der Waals surface area contributed by atoms with Crippen LogP contribution in [0.4, 0.5) is 17.3 Å². The summed E-state index contributed by atoms with van der Waals surface area (Å²) in [5.74, 6) is 1.01. The van der Waals surface area contributed by atoms with Gasteiger partial charge in [0.25, 0.3) is 5.91 Å². The van der Waals surface area contributed by atoms with Gasteiger partial charge in [0, 0.05) is 11.9 Å². The number of para-hydroxylation sites is 3. The summed E-state index contributed by atoms with van der Waals surface area (Å²) in [5.41, 5.74) is 3.95. The van der Waals surface area contributed by atoms with Crippen molar-refractivity contribution in [2.75, 3.05) is 17.7 Å². The summed E-state index contributed by atoms with van der Waals surface area (Å²) in [6, 6.07) is 15.1. The number of ether oxygens (including phenoxy) is 1. The van der Waals surface area contributed by atoms with Crippen molar-refractivity contribution in [3.8, 4) is 5.75 Å². The highest BCUT2D eigenvalue weighted by Gasteiger charge is 2.15. The number of aryl methyl sites for hydroxylation is 1. The lowest BCUT2D eigenvalue weighted by molar-refractivity contribution is 0.102. The Morgan fingerprint density at radius 2 is 1.86 bits per heavy atom. The maximum absolute atomic E-state index is 12.8.